The van der Waals surface area contributed by atoms with E-state index in [2.05, 4.69) is 53.1 Å². The van der Waals surface area contributed by atoms with Crippen LogP contribution in [0.15, 0.2) is 22.7 Å². The highest BCUT2D eigenvalue weighted by atomic mass is 79.9. The third-order valence-electron chi connectivity index (χ3n) is 4.56. The predicted molar refractivity (Wildman–Crippen MR) is 81.7 cm³/mol. The van der Waals surface area contributed by atoms with Crippen LogP contribution in [0, 0.1) is 5.92 Å². The van der Waals surface area contributed by atoms with Crippen molar-refractivity contribution in [3.05, 3.63) is 28.2 Å². The van der Waals surface area contributed by atoms with Crippen molar-refractivity contribution < 1.29 is 4.74 Å². The Balaban J connectivity index is 1.87. The van der Waals surface area contributed by atoms with Crippen molar-refractivity contribution in [2.24, 2.45) is 5.92 Å². The molecule has 2 atom stereocenters. The first kappa shape index (κ1) is 13.4. The zero-order valence-corrected chi connectivity index (χ0v) is 13.4. The van der Waals surface area contributed by atoms with Crippen LogP contribution in [0.2, 0.25) is 0 Å². The van der Waals surface area contributed by atoms with Gasteiger partial charge in [0.1, 0.15) is 11.4 Å². The Kier molecular flexibility index (Phi) is 3.61. The minimum Gasteiger partial charge on any atom is -0.486 e. The topological polar surface area (TPSA) is 12.5 Å². The molecule has 1 heterocycles. The van der Waals surface area contributed by atoms with Gasteiger partial charge in [0.05, 0.1) is 0 Å². The molecule has 2 unspecified atom stereocenters. The number of hydrogen-bond donors (Lipinski definition) is 0. The lowest BCUT2D eigenvalue weighted by Gasteiger charge is -2.41. The van der Waals surface area contributed by atoms with Gasteiger partial charge in [-0.3, -0.25) is 0 Å². The van der Waals surface area contributed by atoms with Gasteiger partial charge in [-0.2, -0.15) is 0 Å². The minimum absolute atomic E-state index is 0.0612. The molecule has 1 saturated carbocycles. The molecule has 0 saturated heterocycles. The van der Waals surface area contributed by atoms with Crippen LogP contribution in [0.3, 0.4) is 0 Å². The maximum absolute atomic E-state index is 6.46. The summed E-state index contributed by atoms with van der Waals surface area (Å²) in [4.78, 5) is 2.31. The summed E-state index contributed by atoms with van der Waals surface area (Å²) in [5, 5.41) is 0. The van der Waals surface area contributed by atoms with E-state index < -0.39 is 0 Å². The van der Waals surface area contributed by atoms with E-state index in [0.29, 0.717) is 5.92 Å². The van der Waals surface area contributed by atoms with Crippen molar-refractivity contribution >= 4 is 15.9 Å². The standard InChI is InChI=1S/C16H22BrNO/c1-18(2)11-13-5-3-4-8-16(13)10-12-9-14(17)6-7-15(12)19-16/h6-7,9,13H,3-5,8,10-11H2,1-2H3. The number of rotatable bonds is 2. The lowest BCUT2D eigenvalue weighted by atomic mass is 9.73. The Morgan fingerprint density at radius 1 is 1.37 bits per heavy atom. The molecule has 1 aliphatic heterocycles. The summed E-state index contributed by atoms with van der Waals surface area (Å²) >= 11 is 3.57. The van der Waals surface area contributed by atoms with Gasteiger partial charge in [-0.1, -0.05) is 22.4 Å². The van der Waals surface area contributed by atoms with Crippen molar-refractivity contribution in [3.8, 4) is 5.75 Å². The van der Waals surface area contributed by atoms with Gasteiger partial charge in [-0.25, -0.2) is 0 Å². The van der Waals surface area contributed by atoms with Crippen molar-refractivity contribution in [1.29, 1.82) is 0 Å². The highest BCUT2D eigenvalue weighted by Crippen LogP contribution is 2.47. The summed E-state index contributed by atoms with van der Waals surface area (Å²) in [6, 6.07) is 6.43. The van der Waals surface area contributed by atoms with Crippen LogP contribution in [-0.4, -0.2) is 31.1 Å². The Morgan fingerprint density at radius 2 is 2.21 bits per heavy atom. The van der Waals surface area contributed by atoms with Crippen molar-refractivity contribution in [1.82, 2.24) is 4.90 Å². The molecular formula is C16H22BrNO. The molecule has 1 aromatic rings. The van der Waals surface area contributed by atoms with Gasteiger partial charge in [0, 0.05) is 23.4 Å². The van der Waals surface area contributed by atoms with E-state index >= 15 is 0 Å². The predicted octanol–water partition coefficient (Wildman–Crippen LogP) is 3.87. The summed E-state index contributed by atoms with van der Waals surface area (Å²) in [5.41, 5.74) is 1.44. The molecule has 2 aliphatic rings. The molecular weight excluding hydrogens is 302 g/mol. The zero-order chi connectivity index (χ0) is 13.5. The Bertz CT molecular complexity index is 474. The van der Waals surface area contributed by atoms with Gasteiger partial charge in [0.2, 0.25) is 0 Å². The van der Waals surface area contributed by atoms with Gasteiger partial charge in [-0.15, -0.1) is 0 Å². The lowest BCUT2D eigenvalue weighted by Crippen LogP contribution is -2.48. The Morgan fingerprint density at radius 3 is 3.00 bits per heavy atom. The van der Waals surface area contributed by atoms with E-state index in [1.165, 1.54) is 31.2 Å². The first-order chi connectivity index (χ1) is 9.09. The number of fused-ring (bicyclic) bond motifs is 1. The van der Waals surface area contributed by atoms with Crippen LogP contribution in [0.25, 0.3) is 0 Å². The molecule has 1 aliphatic carbocycles. The van der Waals surface area contributed by atoms with Crippen LogP contribution < -0.4 is 4.74 Å². The van der Waals surface area contributed by atoms with Crippen molar-refractivity contribution in [2.75, 3.05) is 20.6 Å². The second-order valence-electron chi connectivity index (χ2n) is 6.30. The average Bonchev–Trinajstić information content (AvgIpc) is 2.70. The number of halogens is 1. The smallest absolute Gasteiger partial charge is 0.123 e. The zero-order valence-electron chi connectivity index (χ0n) is 11.8. The molecule has 0 aromatic heterocycles. The quantitative estimate of drug-likeness (QED) is 0.819. The largest absolute Gasteiger partial charge is 0.486 e. The average molecular weight is 324 g/mol. The number of ether oxygens (including phenoxy) is 1. The van der Waals surface area contributed by atoms with Crippen LogP contribution >= 0.6 is 15.9 Å². The molecule has 3 heteroatoms. The van der Waals surface area contributed by atoms with Gasteiger partial charge in [-0.05, 0) is 57.1 Å². The van der Waals surface area contributed by atoms with E-state index in [0.717, 1.165) is 23.2 Å². The lowest BCUT2D eigenvalue weighted by molar-refractivity contribution is -0.0150. The summed E-state index contributed by atoms with van der Waals surface area (Å²) in [5.74, 6) is 1.76. The molecule has 0 radical (unpaired) electrons. The van der Waals surface area contributed by atoms with Crippen LogP contribution in [0.5, 0.6) is 5.75 Å². The molecule has 3 rings (SSSR count). The second kappa shape index (κ2) is 5.10. The Hall–Kier alpha value is -0.540. The molecule has 1 aromatic carbocycles. The normalized spacial score (nSPS) is 29.6. The number of nitrogens with zero attached hydrogens (tertiary/aromatic N) is 1. The first-order valence-corrected chi connectivity index (χ1v) is 8.00. The maximum Gasteiger partial charge on any atom is 0.123 e. The molecule has 0 amide bonds. The second-order valence-corrected chi connectivity index (χ2v) is 7.22. The van der Waals surface area contributed by atoms with Crippen molar-refractivity contribution in [2.45, 2.75) is 37.7 Å². The molecule has 104 valence electrons. The fraction of sp³-hybridized carbons (Fsp3) is 0.625. The van der Waals surface area contributed by atoms with E-state index in [1.807, 2.05) is 0 Å². The minimum atomic E-state index is 0.0612. The van der Waals surface area contributed by atoms with E-state index in [9.17, 15) is 0 Å². The third kappa shape index (κ3) is 2.55. The van der Waals surface area contributed by atoms with Crippen LogP contribution in [0.1, 0.15) is 31.2 Å². The number of benzene rings is 1. The van der Waals surface area contributed by atoms with Gasteiger partial charge < -0.3 is 9.64 Å². The SMILES string of the molecule is CN(C)CC1CCCCC12Cc1cc(Br)ccc1O2. The summed E-state index contributed by atoms with van der Waals surface area (Å²) < 4.78 is 7.62. The number of hydrogen-bond acceptors (Lipinski definition) is 2. The van der Waals surface area contributed by atoms with Gasteiger partial charge in [0.15, 0.2) is 0 Å². The fourth-order valence-electron chi connectivity index (χ4n) is 3.71. The van der Waals surface area contributed by atoms with E-state index in [4.69, 9.17) is 4.74 Å². The monoisotopic (exact) mass is 323 g/mol. The third-order valence-corrected chi connectivity index (χ3v) is 5.05. The van der Waals surface area contributed by atoms with Crippen LogP contribution in [0.4, 0.5) is 0 Å². The highest BCUT2D eigenvalue weighted by Gasteiger charge is 2.47. The molecule has 19 heavy (non-hydrogen) atoms. The fourth-order valence-corrected chi connectivity index (χ4v) is 4.12. The molecule has 0 N–H and O–H groups in total. The summed E-state index contributed by atoms with van der Waals surface area (Å²) in [7, 11) is 4.34. The van der Waals surface area contributed by atoms with E-state index in [-0.39, 0.29) is 5.60 Å². The molecule has 1 spiro atoms. The molecule has 2 nitrogen and oxygen atoms in total. The van der Waals surface area contributed by atoms with Crippen LogP contribution in [-0.2, 0) is 6.42 Å². The first-order valence-electron chi connectivity index (χ1n) is 7.21. The Labute approximate surface area is 124 Å². The summed E-state index contributed by atoms with van der Waals surface area (Å²) in [6.07, 6.45) is 6.24. The maximum atomic E-state index is 6.46. The van der Waals surface area contributed by atoms with Gasteiger partial charge in [0.25, 0.3) is 0 Å². The van der Waals surface area contributed by atoms with Gasteiger partial charge >= 0.3 is 0 Å². The molecule has 1 fully saturated rings. The molecule has 0 bridgehead atoms. The summed E-state index contributed by atoms with van der Waals surface area (Å²) in [6.45, 7) is 1.13. The van der Waals surface area contributed by atoms with E-state index in [1.54, 1.807) is 0 Å². The highest BCUT2D eigenvalue weighted by molar-refractivity contribution is 9.10. The van der Waals surface area contributed by atoms with Crippen molar-refractivity contribution in [3.63, 3.8) is 0 Å².